The first kappa shape index (κ1) is 8.94. The molecule has 1 aromatic rings. The van der Waals surface area contributed by atoms with Crippen LogP contribution in [0.2, 0.25) is 5.02 Å². The van der Waals surface area contributed by atoms with E-state index < -0.39 is 0 Å². The minimum absolute atomic E-state index is 0.527. The molecule has 1 aromatic carbocycles. The molecule has 0 aliphatic carbocycles. The van der Waals surface area contributed by atoms with Gasteiger partial charge < -0.3 is 4.84 Å². The Balaban J connectivity index is 2.66. The van der Waals surface area contributed by atoms with Gasteiger partial charge in [0.1, 0.15) is 0 Å². The lowest BCUT2D eigenvalue weighted by molar-refractivity contribution is 0.137. The van der Waals surface area contributed by atoms with E-state index in [0.717, 1.165) is 0 Å². The van der Waals surface area contributed by atoms with Crippen LogP contribution < -0.4 is 4.84 Å². The highest BCUT2D eigenvalue weighted by Crippen LogP contribution is 2.17. The first-order valence-corrected chi connectivity index (χ1v) is 3.79. The molecule has 1 rings (SSSR count). The number of halogens is 3. The summed E-state index contributed by atoms with van der Waals surface area (Å²) in [5.41, 5.74) is 0. The van der Waals surface area contributed by atoms with Crippen molar-refractivity contribution in [2.45, 2.75) is 0 Å². The molecule has 60 valence electrons. The Bertz CT molecular complexity index is 224. The lowest BCUT2D eigenvalue weighted by Crippen LogP contribution is -2.02. The maximum Gasteiger partial charge on any atom is 0.151 e. The van der Waals surface area contributed by atoms with Crippen LogP contribution in [0.15, 0.2) is 24.3 Å². The fourth-order valence-corrected chi connectivity index (χ4v) is 0.860. The van der Waals surface area contributed by atoms with Crippen LogP contribution in [-0.2, 0) is 0 Å². The van der Waals surface area contributed by atoms with Crippen LogP contribution in [0.3, 0.4) is 0 Å². The zero-order valence-electron chi connectivity index (χ0n) is 5.30. The zero-order valence-corrected chi connectivity index (χ0v) is 7.57. The molecule has 0 saturated heterocycles. The van der Waals surface area contributed by atoms with E-state index in [4.69, 9.17) is 40.0 Å². The van der Waals surface area contributed by atoms with Gasteiger partial charge in [-0.25, -0.2) is 0 Å². The zero-order chi connectivity index (χ0) is 8.27. The van der Waals surface area contributed by atoms with Gasteiger partial charge in [-0.3, -0.25) is 0 Å². The van der Waals surface area contributed by atoms with Crippen LogP contribution >= 0.6 is 35.2 Å². The molecule has 0 unspecified atom stereocenters. The van der Waals surface area contributed by atoms with Crippen molar-refractivity contribution >= 4 is 35.2 Å². The fraction of sp³-hybridized carbons (Fsp3) is 0. The maximum absolute atomic E-state index is 5.61. The normalized spacial score (nSPS) is 10.2. The van der Waals surface area contributed by atoms with Gasteiger partial charge in [-0.15, -0.1) is 0 Å². The van der Waals surface area contributed by atoms with E-state index in [9.17, 15) is 0 Å². The van der Waals surface area contributed by atoms with E-state index in [1.54, 1.807) is 24.3 Å². The number of nitrogens with zero attached hydrogens (tertiary/aromatic N) is 1. The van der Waals surface area contributed by atoms with Crippen molar-refractivity contribution in [1.29, 1.82) is 0 Å². The maximum atomic E-state index is 5.61. The van der Waals surface area contributed by atoms with E-state index in [1.165, 1.54) is 0 Å². The molecule has 0 spiro atoms. The molecule has 0 heterocycles. The molecule has 0 aromatic heterocycles. The largest absolute Gasteiger partial charge is 0.375 e. The second-order valence-corrected chi connectivity index (χ2v) is 2.97. The van der Waals surface area contributed by atoms with Gasteiger partial charge in [-0.1, -0.05) is 11.6 Å². The predicted octanol–water partition coefficient (Wildman–Crippen LogP) is 3.24. The van der Waals surface area contributed by atoms with Crippen molar-refractivity contribution in [1.82, 2.24) is 4.10 Å². The summed E-state index contributed by atoms with van der Waals surface area (Å²) in [6, 6.07) is 6.66. The van der Waals surface area contributed by atoms with E-state index >= 15 is 0 Å². The third kappa shape index (κ3) is 3.16. The van der Waals surface area contributed by atoms with E-state index in [1.807, 2.05) is 0 Å². The first-order valence-electron chi connectivity index (χ1n) is 2.74. The van der Waals surface area contributed by atoms with Gasteiger partial charge in [0, 0.05) is 32.7 Å². The summed E-state index contributed by atoms with van der Waals surface area (Å²) in [5, 5.41) is 0.632. The van der Waals surface area contributed by atoms with Crippen molar-refractivity contribution in [3.8, 4) is 5.75 Å². The molecule has 5 heteroatoms. The standard InChI is InChI=1S/C6H4Cl3NO/c7-5-1-3-6(4-2-5)11-10(8)9/h1-4H. The van der Waals surface area contributed by atoms with Gasteiger partial charge in [0.15, 0.2) is 5.75 Å². The average molecular weight is 212 g/mol. The molecule has 0 atom stereocenters. The van der Waals surface area contributed by atoms with Crippen LogP contribution in [0.25, 0.3) is 0 Å². The van der Waals surface area contributed by atoms with Gasteiger partial charge in [-0.2, -0.15) is 0 Å². The molecule has 11 heavy (non-hydrogen) atoms. The number of benzene rings is 1. The number of hydrogen-bond acceptors (Lipinski definition) is 2. The minimum atomic E-state index is 0.527. The van der Waals surface area contributed by atoms with E-state index in [2.05, 4.69) is 0 Å². The van der Waals surface area contributed by atoms with E-state index in [0.29, 0.717) is 14.9 Å². The summed E-state index contributed by atoms with van der Waals surface area (Å²) in [6.45, 7) is 0. The Morgan fingerprint density at radius 3 is 2.09 bits per heavy atom. The molecule has 0 bridgehead atoms. The molecule has 0 N–H and O–H groups in total. The summed E-state index contributed by atoms with van der Waals surface area (Å²) < 4.78 is 0.573. The van der Waals surface area contributed by atoms with Crippen LogP contribution in [0, 0.1) is 0 Å². The third-order valence-corrected chi connectivity index (χ3v) is 1.38. The van der Waals surface area contributed by atoms with Gasteiger partial charge in [0.05, 0.1) is 0 Å². The van der Waals surface area contributed by atoms with Crippen molar-refractivity contribution in [3.63, 3.8) is 0 Å². The lowest BCUT2D eigenvalue weighted by atomic mass is 10.3. The Morgan fingerprint density at radius 1 is 1.09 bits per heavy atom. The molecule has 0 radical (unpaired) electrons. The molecular formula is C6H4Cl3NO. The minimum Gasteiger partial charge on any atom is -0.375 e. The monoisotopic (exact) mass is 211 g/mol. The predicted molar refractivity (Wildman–Crippen MR) is 45.6 cm³/mol. The Morgan fingerprint density at radius 2 is 1.64 bits per heavy atom. The quantitative estimate of drug-likeness (QED) is 0.551. The Kier molecular flexibility index (Phi) is 3.27. The van der Waals surface area contributed by atoms with Crippen molar-refractivity contribution in [2.75, 3.05) is 0 Å². The van der Waals surface area contributed by atoms with Gasteiger partial charge in [0.2, 0.25) is 0 Å². The summed E-state index contributed by atoms with van der Waals surface area (Å²) in [6.07, 6.45) is 0. The molecule has 0 aliphatic rings. The Labute approximate surface area is 79.4 Å². The topological polar surface area (TPSA) is 12.5 Å². The van der Waals surface area contributed by atoms with Crippen molar-refractivity contribution in [2.24, 2.45) is 0 Å². The number of hydrogen-bond donors (Lipinski definition) is 0. The van der Waals surface area contributed by atoms with Gasteiger partial charge in [-0.05, 0) is 24.3 Å². The van der Waals surface area contributed by atoms with E-state index in [-0.39, 0.29) is 0 Å². The highest BCUT2D eigenvalue weighted by molar-refractivity contribution is 6.32. The molecule has 0 amide bonds. The average Bonchev–Trinajstić information content (AvgIpc) is 1.93. The highest BCUT2D eigenvalue weighted by atomic mass is 35.5. The van der Waals surface area contributed by atoms with Crippen LogP contribution in [0.4, 0.5) is 0 Å². The van der Waals surface area contributed by atoms with Crippen LogP contribution in [0.1, 0.15) is 0 Å². The summed E-state index contributed by atoms with van der Waals surface area (Å²) in [4.78, 5) is 4.77. The second-order valence-electron chi connectivity index (χ2n) is 1.75. The smallest absolute Gasteiger partial charge is 0.151 e. The summed E-state index contributed by atoms with van der Waals surface area (Å²) in [5.74, 6) is 0.527. The molecular weight excluding hydrogens is 208 g/mol. The SMILES string of the molecule is Clc1ccc(ON(Cl)Cl)cc1. The molecule has 0 fully saturated rings. The first-order chi connectivity index (χ1) is 5.18. The molecule has 2 nitrogen and oxygen atoms in total. The molecule has 0 saturated carbocycles. The van der Waals surface area contributed by atoms with Gasteiger partial charge in [0.25, 0.3) is 0 Å². The second kappa shape index (κ2) is 4.02. The van der Waals surface area contributed by atoms with Crippen molar-refractivity contribution < 1.29 is 4.84 Å². The van der Waals surface area contributed by atoms with Crippen molar-refractivity contribution in [3.05, 3.63) is 29.3 Å². The Hall–Kier alpha value is -0.150. The summed E-state index contributed by atoms with van der Waals surface area (Å²) >= 11 is 16.0. The van der Waals surface area contributed by atoms with Crippen LogP contribution in [-0.4, -0.2) is 4.10 Å². The van der Waals surface area contributed by atoms with Gasteiger partial charge >= 0.3 is 0 Å². The molecule has 0 aliphatic heterocycles. The highest BCUT2D eigenvalue weighted by Gasteiger charge is 1.97. The fourth-order valence-electron chi connectivity index (χ4n) is 0.575. The lowest BCUT2D eigenvalue weighted by Gasteiger charge is -2.04. The van der Waals surface area contributed by atoms with Crippen LogP contribution in [0.5, 0.6) is 5.75 Å². The number of rotatable bonds is 2. The third-order valence-electron chi connectivity index (χ3n) is 0.988. The summed E-state index contributed by atoms with van der Waals surface area (Å²) in [7, 11) is 0.